The van der Waals surface area contributed by atoms with E-state index in [2.05, 4.69) is 10.1 Å². The van der Waals surface area contributed by atoms with Gasteiger partial charge in [-0.25, -0.2) is 0 Å². The van der Waals surface area contributed by atoms with Gasteiger partial charge in [0.15, 0.2) is 5.76 Å². The zero-order valence-electron chi connectivity index (χ0n) is 10.1. The van der Waals surface area contributed by atoms with Crippen LogP contribution < -0.4 is 0 Å². The molecule has 0 amide bonds. The summed E-state index contributed by atoms with van der Waals surface area (Å²) >= 11 is 0. The molecular weight excluding hydrogens is 244 g/mol. The number of aliphatic hydroxyl groups excluding tert-OH is 1. The van der Waals surface area contributed by atoms with Crippen molar-refractivity contribution in [3.05, 3.63) is 60.2 Å². The van der Waals surface area contributed by atoms with E-state index in [1.807, 2.05) is 30.3 Å². The quantitative estimate of drug-likeness (QED) is 0.776. The van der Waals surface area contributed by atoms with Gasteiger partial charge in [-0.05, 0) is 17.7 Å². The normalized spacial score (nSPS) is 12.5. The van der Waals surface area contributed by atoms with Crippen LogP contribution in [0.3, 0.4) is 0 Å². The molecule has 0 radical (unpaired) electrons. The summed E-state index contributed by atoms with van der Waals surface area (Å²) in [6.45, 7) is 0. The summed E-state index contributed by atoms with van der Waals surface area (Å²) in [5.41, 5.74) is 0.820. The van der Waals surface area contributed by atoms with Gasteiger partial charge in [0.2, 0.25) is 11.7 Å². The van der Waals surface area contributed by atoms with E-state index in [0.717, 1.165) is 5.56 Å². The Balaban J connectivity index is 1.74. The highest BCUT2D eigenvalue weighted by atomic mass is 16.5. The Morgan fingerprint density at radius 2 is 1.95 bits per heavy atom. The molecule has 1 aromatic carbocycles. The highest BCUT2D eigenvalue weighted by Gasteiger charge is 2.15. The summed E-state index contributed by atoms with van der Waals surface area (Å²) in [5, 5.41) is 13.9. The predicted molar refractivity (Wildman–Crippen MR) is 67.1 cm³/mol. The molecule has 3 rings (SSSR count). The second-order valence-corrected chi connectivity index (χ2v) is 4.12. The van der Waals surface area contributed by atoms with Gasteiger partial charge in [-0.1, -0.05) is 35.5 Å². The van der Waals surface area contributed by atoms with Gasteiger partial charge in [-0.2, -0.15) is 4.98 Å². The van der Waals surface area contributed by atoms with Crippen molar-refractivity contribution in [2.75, 3.05) is 0 Å². The number of hydrogen-bond donors (Lipinski definition) is 1. The molecular formula is C14H12N2O3. The van der Waals surface area contributed by atoms with Crippen LogP contribution in [-0.2, 0) is 6.42 Å². The fourth-order valence-corrected chi connectivity index (χ4v) is 1.80. The molecule has 5 nitrogen and oxygen atoms in total. The number of hydrogen-bond acceptors (Lipinski definition) is 5. The van der Waals surface area contributed by atoms with Crippen LogP contribution in [0.25, 0.3) is 11.6 Å². The third-order valence-corrected chi connectivity index (χ3v) is 2.76. The maximum atomic E-state index is 10.1. The lowest BCUT2D eigenvalue weighted by Gasteiger charge is -2.07. The Labute approximate surface area is 109 Å². The van der Waals surface area contributed by atoms with Gasteiger partial charge in [0, 0.05) is 0 Å². The molecule has 3 aromatic rings. The molecule has 1 N–H and O–H groups in total. The molecule has 5 heteroatoms. The highest BCUT2D eigenvalue weighted by Crippen LogP contribution is 2.20. The van der Waals surface area contributed by atoms with E-state index in [1.54, 1.807) is 18.4 Å². The third kappa shape index (κ3) is 2.56. The minimum absolute atomic E-state index is 0.276. The fraction of sp³-hybridized carbons (Fsp3) is 0.143. The minimum Gasteiger partial charge on any atom is -0.461 e. The summed E-state index contributed by atoms with van der Waals surface area (Å²) in [4.78, 5) is 4.19. The standard InChI is InChI=1S/C14H12N2O3/c17-11(10-5-2-1-3-6-10)9-13-15-14(16-19-13)12-7-4-8-18-12/h1-8,11,17H,9H2. The molecule has 0 saturated heterocycles. The number of rotatable bonds is 4. The van der Waals surface area contributed by atoms with Crippen molar-refractivity contribution in [1.82, 2.24) is 10.1 Å². The lowest BCUT2D eigenvalue weighted by molar-refractivity contribution is 0.165. The van der Waals surface area contributed by atoms with Crippen LogP contribution in [0.4, 0.5) is 0 Å². The Hall–Kier alpha value is -2.40. The molecule has 0 bridgehead atoms. The van der Waals surface area contributed by atoms with Crippen molar-refractivity contribution in [3.63, 3.8) is 0 Å². The van der Waals surface area contributed by atoms with Gasteiger partial charge in [0.1, 0.15) is 0 Å². The van der Waals surface area contributed by atoms with Crippen molar-refractivity contribution >= 4 is 0 Å². The molecule has 19 heavy (non-hydrogen) atoms. The fourth-order valence-electron chi connectivity index (χ4n) is 1.80. The Bertz CT molecular complexity index is 632. The average Bonchev–Trinajstić information content (AvgIpc) is 3.10. The molecule has 96 valence electrons. The minimum atomic E-state index is -0.661. The largest absolute Gasteiger partial charge is 0.461 e. The topological polar surface area (TPSA) is 72.3 Å². The van der Waals surface area contributed by atoms with Gasteiger partial charge in [-0.15, -0.1) is 0 Å². The summed E-state index contributed by atoms with van der Waals surface area (Å²) in [7, 11) is 0. The Kier molecular flexibility index (Phi) is 3.12. The number of aromatic nitrogens is 2. The van der Waals surface area contributed by atoms with Crippen molar-refractivity contribution in [3.8, 4) is 11.6 Å². The van der Waals surface area contributed by atoms with Crippen LogP contribution in [0.1, 0.15) is 17.6 Å². The smallest absolute Gasteiger partial charge is 0.238 e. The van der Waals surface area contributed by atoms with E-state index >= 15 is 0 Å². The van der Waals surface area contributed by atoms with Gasteiger partial charge in [-0.3, -0.25) is 0 Å². The molecule has 2 heterocycles. The lowest BCUT2D eigenvalue weighted by atomic mass is 10.1. The summed E-state index contributed by atoms with van der Waals surface area (Å²) < 4.78 is 10.3. The van der Waals surface area contributed by atoms with Gasteiger partial charge in [0.25, 0.3) is 0 Å². The Morgan fingerprint density at radius 1 is 1.11 bits per heavy atom. The second kappa shape index (κ2) is 5.07. The average molecular weight is 256 g/mol. The third-order valence-electron chi connectivity index (χ3n) is 2.76. The molecule has 0 spiro atoms. The summed E-state index contributed by atoms with van der Waals surface area (Å²) in [6, 6.07) is 12.9. The molecule has 0 aliphatic heterocycles. The number of benzene rings is 1. The first-order valence-electron chi connectivity index (χ1n) is 5.92. The van der Waals surface area contributed by atoms with Crippen molar-refractivity contribution in [2.45, 2.75) is 12.5 Å². The molecule has 1 unspecified atom stereocenters. The lowest BCUT2D eigenvalue weighted by Crippen LogP contribution is -2.01. The first-order valence-corrected chi connectivity index (χ1v) is 5.92. The van der Waals surface area contributed by atoms with E-state index in [-0.39, 0.29) is 6.42 Å². The summed E-state index contributed by atoms with van der Waals surface area (Å²) in [5.74, 6) is 1.31. The van der Waals surface area contributed by atoms with Crippen LogP contribution in [0, 0.1) is 0 Å². The van der Waals surface area contributed by atoms with Gasteiger partial charge in [0.05, 0.1) is 18.8 Å². The second-order valence-electron chi connectivity index (χ2n) is 4.12. The van der Waals surface area contributed by atoms with Crippen LogP contribution in [0.5, 0.6) is 0 Å². The molecule has 0 saturated carbocycles. The van der Waals surface area contributed by atoms with Crippen LogP contribution >= 0.6 is 0 Å². The number of nitrogens with zero attached hydrogens (tertiary/aromatic N) is 2. The summed E-state index contributed by atoms with van der Waals surface area (Å²) in [6.07, 6.45) is 1.16. The van der Waals surface area contributed by atoms with Crippen molar-refractivity contribution in [2.24, 2.45) is 0 Å². The molecule has 0 aliphatic rings. The van der Waals surface area contributed by atoms with E-state index in [9.17, 15) is 5.11 Å². The highest BCUT2D eigenvalue weighted by molar-refractivity contribution is 5.44. The zero-order chi connectivity index (χ0) is 13.1. The van der Waals surface area contributed by atoms with E-state index in [0.29, 0.717) is 17.5 Å². The van der Waals surface area contributed by atoms with Gasteiger partial charge >= 0.3 is 0 Å². The molecule has 0 aliphatic carbocycles. The van der Waals surface area contributed by atoms with Crippen molar-refractivity contribution in [1.29, 1.82) is 0 Å². The van der Waals surface area contributed by atoms with E-state index in [1.165, 1.54) is 0 Å². The van der Waals surface area contributed by atoms with Crippen LogP contribution in [0.2, 0.25) is 0 Å². The maximum Gasteiger partial charge on any atom is 0.238 e. The first-order chi connectivity index (χ1) is 9.33. The van der Waals surface area contributed by atoms with Crippen molar-refractivity contribution < 1.29 is 14.0 Å². The van der Waals surface area contributed by atoms with E-state index < -0.39 is 6.10 Å². The predicted octanol–water partition coefficient (Wildman–Crippen LogP) is 2.61. The molecule has 0 fully saturated rings. The Morgan fingerprint density at radius 3 is 2.68 bits per heavy atom. The van der Waals surface area contributed by atoms with Gasteiger partial charge < -0.3 is 14.0 Å². The molecule has 2 aromatic heterocycles. The van der Waals surface area contributed by atoms with Crippen LogP contribution in [-0.4, -0.2) is 15.2 Å². The maximum absolute atomic E-state index is 10.1. The zero-order valence-corrected chi connectivity index (χ0v) is 10.1. The SMILES string of the molecule is OC(Cc1nc(-c2ccco2)no1)c1ccccc1. The van der Waals surface area contributed by atoms with E-state index in [4.69, 9.17) is 8.94 Å². The number of furan rings is 1. The first kappa shape index (κ1) is 11.7. The monoisotopic (exact) mass is 256 g/mol. The molecule has 1 atom stereocenters. The van der Waals surface area contributed by atoms with Crippen LogP contribution in [0.15, 0.2) is 57.7 Å². The number of aliphatic hydroxyl groups is 1.